The van der Waals surface area contributed by atoms with Crippen LogP contribution in [0.4, 0.5) is 17.2 Å². The van der Waals surface area contributed by atoms with Gasteiger partial charge in [0.15, 0.2) is 0 Å². The van der Waals surface area contributed by atoms with E-state index in [9.17, 15) is 4.79 Å². The van der Waals surface area contributed by atoms with Crippen LogP contribution in [-0.2, 0) is 11.4 Å². The van der Waals surface area contributed by atoms with Gasteiger partial charge >= 0.3 is 0 Å². The summed E-state index contributed by atoms with van der Waals surface area (Å²) < 4.78 is 11.6. The molecule has 190 valence electrons. The molecule has 0 bridgehead atoms. The third-order valence-corrected chi connectivity index (χ3v) is 6.28. The fourth-order valence-corrected chi connectivity index (χ4v) is 4.40. The fraction of sp³-hybridized carbons (Fsp3) is 0.259. The van der Waals surface area contributed by atoms with Gasteiger partial charge in [0, 0.05) is 35.1 Å². The maximum atomic E-state index is 12.8. The minimum atomic E-state index is -0.212. The first-order chi connectivity index (χ1) is 18.1. The fourth-order valence-electron chi connectivity index (χ4n) is 4.16. The van der Waals surface area contributed by atoms with E-state index >= 15 is 0 Å². The van der Waals surface area contributed by atoms with Crippen molar-refractivity contribution in [1.29, 1.82) is 0 Å². The zero-order valence-corrected chi connectivity index (χ0v) is 21.1. The van der Waals surface area contributed by atoms with Crippen molar-refractivity contribution in [2.75, 3.05) is 23.8 Å². The van der Waals surface area contributed by atoms with Gasteiger partial charge < -0.3 is 25.4 Å². The van der Waals surface area contributed by atoms with Gasteiger partial charge in [0.05, 0.1) is 28.9 Å². The Labute approximate surface area is 219 Å². The lowest BCUT2D eigenvalue weighted by atomic mass is 10.1. The molecule has 1 aliphatic heterocycles. The number of benzene rings is 2. The topological polar surface area (TPSA) is 110 Å². The molecule has 1 fully saturated rings. The lowest BCUT2D eigenvalue weighted by Gasteiger charge is -2.17. The van der Waals surface area contributed by atoms with Crippen molar-refractivity contribution in [3.63, 3.8) is 0 Å². The summed E-state index contributed by atoms with van der Waals surface area (Å²) in [7, 11) is 0. The number of pyridine rings is 1. The summed E-state index contributed by atoms with van der Waals surface area (Å²) in [6, 6.07) is 12.7. The van der Waals surface area contributed by atoms with Crippen LogP contribution in [0.25, 0.3) is 10.9 Å². The zero-order chi connectivity index (χ0) is 25.6. The number of hydrogen-bond acceptors (Lipinski definition) is 8. The van der Waals surface area contributed by atoms with Crippen LogP contribution in [-0.4, -0.2) is 40.1 Å². The van der Waals surface area contributed by atoms with Crippen LogP contribution in [0.5, 0.6) is 11.5 Å². The number of halogens is 1. The Kier molecular flexibility index (Phi) is 7.62. The Bertz CT molecular complexity index is 1400. The summed E-state index contributed by atoms with van der Waals surface area (Å²) >= 11 is 6.50. The van der Waals surface area contributed by atoms with E-state index in [2.05, 4.69) is 30.9 Å². The molecule has 0 unspecified atom stereocenters. The summed E-state index contributed by atoms with van der Waals surface area (Å²) in [4.78, 5) is 25.7. The molecule has 0 saturated carbocycles. The Hall–Kier alpha value is -3.95. The van der Waals surface area contributed by atoms with E-state index in [0.29, 0.717) is 46.8 Å². The highest BCUT2D eigenvalue weighted by Gasteiger charge is 2.23. The lowest BCUT2D eigenvalue weighted by Crippen LogP contribution is -2.35. The molecule has 1 amide bonds. The Morgan fingerprint density at radius 1 is 1.16 bits per heavy atom. The van der Waals surface area contributed by atoms with Gasteiger partial charge in [0.2, 0.25) is 5.91 Å². The van der Waals surface area contributed by atoms with E-state index in [1.807, 2.05) is 37.3 Å². The van der Waals surface area contributed by atoms with Crippen molar-refractivity contribution in [3.05, 3.63) is 71.8 Å². The third-order valence-electron chi connectivity index (χ3n) is 5.98. The molecule has 5 rings (SSSR count). The first kappa shape index (κ1) is 24.7. The molecule has 2 aromatic heterocycles. The Morgan fingerprint density at radius 3 is 2.84 bits per heavy atom. The van der Waals surface area contributed by atoms with Crippen LogP contribution < -0.4 is 25.4 Å². The van der Waals surface area contributed by atoms with E-state index in [1.54, 1.807) is 24.5 Å². The minimum Gasteiger partial charge on any atom is -0.492 e. The summed E-state index contributed by atoms with van der Waals surface area (Å²) in [6.07, 6.45) is 6.74. The Morgan fingerprint density at radius 2 is 2.08 bits per heavy atom. The molecular weight excluding hydrogens is 492 g/mol. The summed E-state index contributed by atoms with van der Waals surface area (Å²) in [6.45, 7) is 3.56. The van der Waals surface area contributed by atoms with E-state index in [1.165, 1.54) is 6.33 Å². The lowest BCUT2D eigenvalue weighted by molar-refractivity contribution is -0.117. The van der Waals surface area contributed by atoms with Crippen LogP contribution in [0.15, 0.2) is 61.2 Å². The highest BCUT2D eigenvalue weighted by atomic mass is 35.5. The molecule has 37 heavy (non-hydrogen) atoms. The van der Waals surface area contributed by atoms with Gasteiger partial charge in [-0.25, -0.2) is 9.97 Å². The van der Waals surface area contributed by atoms with Crippen molar-refractivity contribution in [1.82, 2.24) is 20.3 Å². The third kappa shape index (κ3) is 5.90. The first-order valence-electron chi connectivity index (χ1n) is 12.1. The number of carbonyl (C=O) groups is 1. The molecule has 2 aromatic carbocycles. The largest absolute Gasteiger partial charge is 0.492 e. The molecule has 1 aliphatic rings. The second-order valence-corrected chi connectivity index (χ2v) is 8.99. The highest BCUT2D eigenvalue weighted by molar-refractivity contribution is 6.32. The van der Waals surface area contributed by atoms with Crippen molar-refractivity contribution in [2.24, 2.45) is 0 Å². The van der Waals surface area contributed by atoms with Crippen LogP contribution in [0, 0.1) is 0 Å². The molecule has 1 atom stereocenters. The maximum Gasteiger partial charge on any atom is 0.241 e. The maximum absolute atomic E-state index is 12.8. The summed E-state index contributed by atoms with van der Waals surface area (Å²) in [5.41, 5.74) is 2.93. The molecular formula is C27H27ClN6O3. The molecule has 0 aliphatic carbocycles. The number of anilines is 3. The van der Waals surface area contributed by atoms with Crippen LogP contribution >= 0.6 is 11.6 Å². The molecule has 4 aromatic rings. The van der Waals surface area contributed by atoms with Crippen molar-refractivity contribution >= 4 is 45.6 Å². The number of nitrogens with one attached hydrogen (secondary N) is 3. The predicted molar refractivity (Wildman–Crippen MR) is 144 cm³/mol. The highest BCUT2D eigenvalue weighted by Crippen LogP contribution is 2.35. The summed E-state index contributed by atoms with van der Waals surface area (Å²) in [5, 5.41) is 10.7. The smallest absolute Gasteiger partial charge is 0.241 e. The molecule has 10 heteroatoms. The molecule has 0 radical (unpaired) electrons. The van der Waals surface area contributed by atoms with Crippen molar-refractivity contribution < 1.29 is 14.3 Å². The molecule has 9 nitrogen and oxygen atoms in total. The quantitative estimate of drug-likeness (QED) is 0.281. The van der Waals surface area contributed by atoms with E-state index in [-0.39, 0.29) is 11.9 Å². The second kappa shape index (κ2) is 11.4. The van der Waals surface area contributed by atoms with Gasteiger partial charge in [-0.1, -0.05) is 17.7 Å². The van der Waals surface area contributed by atoms with Gasteiger partial charge in [0.1, 0.15) is 30.3 Å². The van der Waals surface area contributed by atoms with Crippen LogP contribution in [0.1, 0.15) is 25.3 Å². The monoisotopic (exact) mass is 518 g/mol. The number of amides is 1. The summed E-state index contributed by atoms with van der Waals surface area (Å²) in [5.74, 6) is 1.61. The number of hydrogen-bond donors (Lipinski definition) is 3. The number of fused-ring (bicyclic) bond motifs is 1. The SMILES string of the molecule is CCOc1cc2ncnc(Nc3ccc(OCc4cccnc4)c(Cl)c3)c2cc1NC(=O)[C@@H]1CCCN1. The van der Waals surface area contributed by atoms with Crippen molar-refractivity contribution in [3.8, 4) is 11.5 Å². The molecule has 0 spiro atoms. The van der Waals surface area contributed by atoms with Gasteiger partial charge in [-0.15, -0.1) is 0 Å². The number of ether oxygens (including phenoxy) is 2. The van der Waals surface area contributed by atoms with E-state index < -0.39 is 0 Å². The minimum absolute atomic E-state index is 0.0854. The average molecular weight is 519 g/mol. The second-order valence-electron chi connectivity index (χ2n) is 8.58. The zero-order valence-electron chi connectivity index (χ0n) is 20.3. The van der Waals surface area contributed by atoms with E-state index in [0.717, 1.165) is 36.0 Å². The number of aromatic nitrogens is 3. The van der Waals surface area contributed by atoms with Gasteiger partial charge in [-0.3, -0.25) is 9.78 Å². The predicted octanol–water partition coefficient (Wildman–Crippen LogP) is 5.09. The van der Waals surface area contributed by atoms with Gasteiger partial charge in [0.25, 0.3) is 0 Å². The van der Waals surface area contributed by atoms with Crippen LogP contribution in [0.3, 0.4) is 0 Å². The normalized spacial score (nSPS) is 14.9. The molecule has 3 N–H and O–H groups in total. The van der Waals surface area contributed by atoms with Gasteiger partial charge in [-0.2, -0.15) is 0 Å². The van der Waals surface area contributed by atoms with Crippen molar-refractivity contribution in [2.45, 2.75) is 32.4 Å². The van der Waals surface area contributed by atoms with E-state index in [4.69, 9.17) is 21.1 Å². The standard InChI is InChI=1S/C27H27ClN6O3/c1-2-36-25-13-22-19(12-23(25)34-27(35)21-6-4-10-30-21)26(32-16-31-22)33-18-7-8-24(20(28)11-18)37-15-17-5-3-9-29-14-17/h3,5,7-9,11-14,16,21,30H,2,4,6,10,15H2,1H3,(H,34,35)(H,31,32,33)/t21-/m0/s1. The molecule has 1 saturated heterocycles. The number of nitrogens with zero attached hydrogens (tertiary/aromatic N) is 3. The van der Waals surface area contributed by atoms with Crippen LogP contribution in [0.2, 0.25) is 5.02 Å². The first-order valence-corrected chi connectivity index (χ1v) is 12.5. The molecule has 3 heterocycles. The average Bonchev–Trinajstić information content (AvgIpc) is 3.45. The Balaban J connectivity index is 1.38. The number of carbonyl (C=O) groups excluding carboxylic acids is 1. The van der Waals surface area contributed by atoms with Gasteiger partial charge in [-0.05, 0) is 56.6 Å². The number of rotatable bonds is 9.